The van der Waals surface area contributed by atoms with Crippen molar-refractivity contribution in [2.75, 3.05) is 0 Å². The zero-order valence-electron chi connectivity index (χ0n) is 9.07. The minimum Gasteiger partial charge on any atom is -0.393 e. The monoisotopic (exact) mass is 248 g/mol. The Balaban J connectivity index is 1.88. The SMILES string of the molecule is O=C1OC(=O)[C@@H]2C3C=CC([C@@H]12)[C@H]1C(=O)OC(=O)[C@@H]31. The highest BCUT2D eigenvalue weighted by molar-refractivity contribution is 6.03. The lowest BCUT2D eigenvalue weighted by molar-refractivity contribution is -0.154. The maximum absolute atomic E-state index is 11.7. The normalized spacial score (nSPS) is 48.0. The van der Waals surface area contributed by atoms with Crippen LogP contribution in [-0.4, -0.2) is 23.9 Å². The van der Waals surface area contributed by atoms with Crippen molar-refractivity contribution in [1.29, 1.82) is 0 Å². The van der Waals surface area contributed by atoms with Gasteiger partial charge >= 0.3 is 23.9 Å². The van der Waals surface area contributed by atoms with E-state index >= 15 is 0 Å². The Morgan fingerprint density at radius 2 is 0.889 bits per heavy atom. The van der Waals surface area contributed by atoms with E-state index in [1.165, 1.54) is 0 Å². The molecule has 92 valence electrons. The summed E-state index contributed by atoms with van der Waals surface area (Å²) in [5.41, 5.74) is 0. The van der Waals surface area contributed by atoms with Gasteiger partial charge in [-0.1, -0.05) is 12.2 Å². The number of ether oxygens (including phenoxy) is 2. The van der Waals surface area contributed by atoms with Crippen LogP contribution >= 0.6 is 0 Å². The summed E-state index contributed by atoms with van der Waals surface area (Å²) in [4.78, 5) is 46.7. The quantitative estimate of drug-likeness (QED) is 0.324. The molecule has 0 aromatic carbocycles. The maximum Gasteiger partial charge on any atom is 0.318 e. The molecular formula is C12H8O6. The topological polar surface area (TPSA) is 86.7 Å². The summed E-state index contributed by atoms with van der Waals surface area (Å²) >= 11 is 0. The second-order valence-corrected chi connectivity index (χ2v) is 5.12. The number of esters is 4. The van der Waals surface area contributed by atoms with E-state index in [1.54, 1.807) is 12.2 Å². The molecular weight excluding hydrogens is 240 g/mol. The molecule has 3 fully saturated rings. The van der Waals surface area contributed by atoms with Crippen LogP contribution in [0.3, 0.4) is 0 Å². The first-order chi connectivity index (χ1) is 8.59. The molecule has 6 atom stereocenters. The minimum absolute atomic E-state index is 0.456. The van der Waals surface area contributed by atoms with E-state index in [4.69, 9.17) is 0 Å². The molecule has 5 aliphatic rings. The molecule has 0 spiro atoms. The molecule has 2 heterocycles. The van der Waals surface area contributed by atoms with Gasteiger partial charge in [-0.05, 0) is 0 Å². The first-order valence-corrected chi connectivity index (χ1v) is 5.79. The lowest BCUT2D eigenvalue weighted by atomic mass is 9.54. The first-order valence-electron chi connectivity index (χ1n) is 5.79. The summed E-state index contributed by atoms with van der Waals surface area (Å²) in [5.74, 6) is -5.79. The molecule has 0 radical (unpaired) electrons. The summed E-state index contributed by atoms with van der Waals surface area (Å²) in [6.45, 7) is 0. The van der Waals surface area contributed by atoms with Gasteiger partial charge in [0.2, 0.25) is 0 Å². The summed E-state index contributed by atoms with van der Waals surface area (Å²) in [6.07, 6.45) is 3.49. The summed E-state index contributed by atoms with van der Waals surface area (Å²) < 4.78 is 9.29. The Morgan fingerprint density at radius 1 is 0.611 bits per heavy atom. The molecule has 2 unspecified atom stereocenters. The van der Waals surface area contributed by atoms with Crippen LogP contribution in [0, 0.1) is 35.5 Å². The van der Waals surface area contributed by atoms with E-state index in [-0.39, 0.29) is 0 Å². The molecule has 2 bridgehead atoms. The van der Waals surface area contributed by atoms with Crippen LogP contribution < -0.4 is 0 Å². The van der Waals surface area contributed by atoms with Crippen LogP contribution in [0.5, 0.6) is 0 Å². The van der Waals surface area contributed by atoms with Gasteiger partial charge in [-0.2, -0.15) is 0 Å². The average molecular weight is 248 g/mol. The Hall–Kier alpha value is -1.98. The van der Waals surface area contributed by atoms with Gasteiger partial charge < -0.3 is 9.47 Å². The van der Waals surface area contributed by atoms with Gasteiger partial charge in [0.15, 0.2) is 0 Å². The highest BCUT2D eigenvalue weighted by atomic mass is 16.6. The van der Waals surface area contributed by atoms with E-state index in [9.17, 15) is 19.2 Å². The number of cyclic esters (lactones) is 4. The lowest BCUT2D eigenvalue weighted by Crippen LogP contribution is -2.50. The summed E-state index contributed by atoms with van der Waals surface area (Å²) in [5, 5.41) is 0. The van der Waals surface area contributed by atoms with E-state index in [1.807, 2.05) is 0 Å². The molecule has 3 aliphatic carbocycles. The highest BCUT2D eigenvalue weighted by Crippen LogP contribution is 2.56. The van der Waals surface area contributed by atoms with Crippen molar-refractivity contribution in [1.82, 2.24) is 0 Å². The molecule has 6 nitrogen and oxygen atoms in total. The first kappa shape index (κ1) is 9.99. The number of hydrogen-bond acceptors (Lipinski definition) is 6. The molecule has 0 amide bonds. The third-order valence-corrected chi connectivity index (χ3v) is 4.48. The summed E-state index contributed by atoms with van der Waals surface area (Å²) in [7, 11) is 0. The molecule has 0 N–H and O–H groups in total. The van der Waals surface area contributed by atoms with Gasteiger partial charge in [-0.15, -0.1) is 0 Å². The van der Waals surface area contributed by atoms with E-state index < -0.39 is 59.4 Å². The van der Waals surface area contributed by atoms with Crippen molar-refractivity contribution in [2.24, 2.45) is 35.5 Å². The van der Waals surface area contributed by atoms with Gasteiger partial charge in [0, 0.05) is 11.8 Å². The molecule has 0 aromatic heterocycles. The molecule has 6 heteroatoms. The van der Waals surface area contributed by atoms with Gasteiger partial charge in [0.25, 0.3) is 0 Å². The van der Waals surface area contributed by atoms with Crippen LogP contribution in [-0.2, 0) is 28.7 Å². The molecule has 5 rings (SSSR count). The molecule has 2 saturated heterocycles. The summed E-state index contributed by atoms with van der Waals surface area (Å²) in [6, 6.07) is 0. The van der Waals surface area contributed by atoms with Crippen molar-refractivity contribution in [2.45, 2.75) is 0 Å². The molecule has 2 aliphatic heterocycles. The van der Waals surface area contributed by atoms with Gasteiger partial charge in [-0.3, -0.25) is 19.2 Å². The fourth-order valence-corrected chi connectivity index (χ4v) is 3.83. The third-order valence-electron chi connectivity index (χ3n) is 4.48. The van der Waals surface area contributed by atoms with Crippen molar-refractivity contribution in [3.63, 3.8) is 0 Å². The Morgan fingerprint density at radius 3 is 1.17 bits per heavy atom. The molecule has 0 aromatic rings. The molecule has 1 saturated carbocycles. The fraction of sp³-hybridized carbons (Fsp3) is 0.500. The van der Waals surface area contributed by atoms with Crippen LogP contribution in [0.25, 0.3) is 0 Å². The van der Waals surface area contributed by atoms with E-state index in [0.29, 0.717) is 0 Å². The number of hydrogen-bond donors (Lipinski definition) is 0. The van der Waals surface area contributed by atoms with Crippen LogP contribution in [0.1, 0.15) is 0 Å². The minimum atomic E-state index is -0.632. The van der Waals surface area contributed by atoms with Crippen molar-refractivity contribution in [3.05, 3.63) is 12.2 Å². The number of carbonyl (C=O) groups is 4. The smallest absolute Gasteiger partial charge is 0.318 e. The van der Waals surface area contributed by atoms with Crippen LogP contribution in [0.2, 0.25) is 0 Å². The predicted octanol–water partition coefficient (Wildman–Crippen LogP) is -0.566. The average Bonchev–Trinajstić information content (AvgIpc) is 2.81. The van der Waals surface area contributed by atoms with Crippen molar-refractivity contribution < 1.29 is 28.7 Å². The van der Waals surface area contributed by atoms with Gasteiger partial charge in [-0.25, -0.2) is 0 Å². The standard InChI is InChI=1S/C12H8O6/c13-9-5-3-1-2-4(7(5)11(15)17-9)8-6(3)10(14)18-12(8)16/h1-8H/t3?,4?,5-,6-,7-,8+/m1/s1. The van der Waals surface area contributed by atoms with Crippen molar-refractivity contribution in [3.8, 4) is 0 Å². The third kappa shape index (κ3) is 0.913. The van der Waals surface area contributed by atoms with Gasteiger partial charge in [0.05, 0.1) is 23.7 Å². The maximum atomic E-state index is 11.7. The van der Waals surface area contributed by atoms with Crippen LogP contribution in [0.15, 0.2) is 12.2 Å². The van der Waals surface area contributed by atoms with Gasteiger partial charge in [0.1, 0.15) is 0 Å². The zero-order valence-corrected chi connectivity index (χ0v) is 9.07. The Kier molecular flexibility index (Phi) is 1.60. The predicted molar refractivity (Wildman–Crippen MR) is 52.3 cm³/mol. The number of carbonyl (C=O) groups excluding carboxylic acids is 4. The van der Waals surface area contributed by atoms with E-state index in [0.717, 1.165) is 0 Å². The van der Waals surface area contributed by atoms with E-state index in [2.05, 4.69) is 9.47 Å². The second kappa shape index (κ2) is 2.88. The largest absolute Gasteiger partial charge is 0.393 e. The number of allylic oxidation sites excluding steroid dienone is 2. The highest BCUT2D eigenvalue weighted by Gasteiger charge is 2.67. The zero-order chi connectivity index (χ0) is 12.6. The van der Waals surface area contributed by atoms with Crippen LogP contribution in [0.4, 0.5) is 0 Å². The Labute approximate surface area is 101 Å². The number of rotatable bonds is 0. The Bertz CT molecular complexity index is 459. The van der Waals surface area contributed by atoms with Crippen molar-refractivity contribution >= 4 is 23.9 Å². The lowest BCUT2D eigenvalue weighted by Gasteiger charge is -2.42. The fourth-order valence-electron chi connectivity index (χ4n) is 3.83. The second-order valence-electron chi connectivity index (χ2n) is 5.12. The molecule has 18 heavy (non-hydrogen) atoms.